The number of carbonyl (C=O) groups is 1. The normalized spacial score (nSPS) is 10.6. The van der Waals surface area contributed by atoms with Gasteiger partial charge in [-0.1, -0.05) is 11.6 Å². The molecule has 0 amide bonds. The smallest absolute Gasteiger partial charge is 0.355 e. The van der Waals surface area contributed by atoms with Crippen LogP contribution in [0, 0.1) is 0 Å². The molecule has 1 N–H and O–H groups in total. The first kappa shape index (κ1) is 11.3. The van der Waals surface area contributed by atoms with E-state index in [4.69, 9.17) is 16.7 Å². The number of nitrogens with zero attached hydrogens (tertiary/aromatic N) is 1. The van der Waals surface area contributed by atoms with Crippen LogP contribution < -0.4 is 0 Å². The third kappa shape index (κ3) is 2.01. The van der Waals surface area contributed by atoms with Gasteiger partial charge in [-0.25, -0.2) is 18.6 Å². The van der Waals surface area contributed by atoms with Crippen LogP contribution in [0.5, 0.6) is 0 Å². The molecule has 0 saturated heterocycles. The van der Waals surface area contributed by atoms with E-state index in [2.05, 4.69) is 20.9 Å². The average Bonchev–Trinajstić information content (AvgIpc) is 2.08. The summed E-state index contributed by atoms with van der Waals surface area (Å²) in [6.07, 6.45) is -1.91. The molecular weight excluding hydrogens is 283 g/mol. The molecule has 0 aromatic carbocycles. The van der Waals surface area contributed by atoms with Gasteiger partial charge < -0.3 is 5.11 Å². The highest BCUT2D eigenvalue weighted by Gasteiger charge is 2.24. The Kier molecular flexibility index (Phi) is 3.38. The van der Waals surface area contributed by atoms with Crippen molar-refractivity contribution in [3.05, 3.63) is 26.9 Å². The van der Waals surface area contributed by atoms with Crippen LogP contribution in [-0.4, -0.2) is 16.1 Å². The van der Waals surface area contributed by atoms with Crippen LogP contribution >= 0.6 is 27.5 Å². The Morgan fingerprint density at radius 2 is 2.21 bits per heavy atom. The van der Waals surface area contributed by atoms with Crippen molar-refractivity contribution in [1.29, 1.82) is 0 Å². The average molecular weight is 286 g/mol. The van der Waals surface area contributed by atoms with E-state index in [1.165, 1.54) is 0 Å². The Balaban J connectivity index is 3.45. The monoisotopic (exact) mass is 285 g/mol. The summed E-state index contributed by atoms with van der Waals surface area (Å²) < 4.78 is 25.0. The molecule has 1 aromatic rings. The van der Waals surface area contributed by atoms with Crippen molar-refractivity contribution >= 4 is 33.5 Å². The van der Waals surface area contributed by atoms with Gasteiger partial charge in [0.15, 0.2) is 5.69 Å². The Morgan fingerprint density at radius 1 is 1.64 bits per heavy atom. The van der Waals surface area contributed by atoms with Gasteiger partial charge in [-0.3, -0.25) is 0 Å². The zero-order valence-corrected chi connectivity index (χ0v) is 8.81. The zero-order valence-electron chi connectivity index (χ0n) is 6.47. The van der Waals surface area contributed by atoms with Crippen LogP contribution in [0.4, 0.5) is 8.78 Å². The summed E-state index contributed by atoms with van der Waals surface area (Å²) in [5.74, 6) is -1.53. The molecule has 3 nitrogen and oxygen atoms in total. The molecule has 0 spiro atoms. The maximum absolute atomic E-state index is 12.4. The van der Waals surface area contributed by atoms with Crippen LogP contribution in [0.15, 0.2) is 10.7 Å². The van der Waals surface area contributed by atoms with Crippen molar-refractivity contribution in [3.8, 4) is 0 Å². The third-order valence-corrected chi connectivity index (χ3v) is 2.67. The molecule has 0 aliphatic rings. The van der Waals surface area contributed by atoms with E-state index in [-0.39, 0.29) is 9.50 Å². The molecule has 76 valence electrons. The Bertz CT molecular complexity index is 386. The number of rotatable bonds is 2. The minimum absolute atomic E-state index is 0.138. The van der Waals surface area contributed by atoms with Gasteiger partial charge in [0.1, 0.15) is 0 Å². The summed E-state index contributed by atoms with van der Waals surface area (Å²) >= 11 is 8.38. The van der Waals surface area contributed by atoms with Crippen molar-refractivity contribution in [2.24, 2.45) is 0 Å². The highest BCUT2D eigenvalue weighted by atomic mass is 79.9. The van der Waals surface area contributed by atoms with E-state index >= 15 is 0 Å². The first-order valence-corrected chi connectivity index (χ1v) is 4.47. The first-order valence-electron chi connectivity index (χ1n) is 3.30. The van der Waals surface area contributed by atoms with Crippen molar-refractivity contribution in [3.63, 3.8) is 0 Å². The summed E-state index contributed by atoms with van der Waals surface area (Å²) in [5, 5.41) is 8.23. The molecule has 0 saturated carbocycles. The summed E-state index contributed by atoms with van der Waals surface area (Å²) in [5.41, 5.74) is -1.50. The lowest BCUT2D eigenvalue weighted by Crippen LogP contribution is -2.07. The van der Waals surface area contributed by atoms with Gasteiger partial charge in [0.25, 0.3) is 6.43 Å². The quantitative estimate of drug-likeness (QED) is 0.908. The van der Waals surface area contributed by atoms with Crippen LogP contribution in [0.25, 0.3) is 0 Å². The largest absolute Gasteiger partial charge is 0.476 e. The molecule has 0 aliphatic heterocycles. The van der Waals surface area contributed by atoms with Crippen LogP contribution in [0.3, 0.4) is 0 Å². The molecule has 14 heavy (non-hydrogen) atoms. The van der Waals surface area contributed by atoms with E-state index in [1.54, 1.807) is 0 Å². The van der Waals surface area contributed by atoms with Crippen LogP contribution in [0.2, 0.25) is 5.02 Å². The lowest BCUT2D eigenvalue weighted by molar-refractivity contribution is 0.0677. The van der Waals surface area contributed by atoms with E-state index in [1.807, 2.05) is 0 Å². The molecule has 0 unspecified atom stereocenters. The van der Waals surface area contributed by atoms with Crippen molar-refractivity contribution in [2.75, 3.05) is 0 Å². The number of aromatic carboxylic acids is 1. The van der Waals surface area contributed by atoms with Crippen LogP contribution in [-0.2, 0) is 0 Å². The molecule has 1 rings (SSSR count). The molecule has 7 heteroatoms. The zero-order chi connectivity index (χ0) is 10.9. The van der Waals surface area contributed by atoms with Crippen LogP contribution in [0.1, 0.15) is 22.5 Å². The third-order valence-electron chi connectivity index (χ3n) is 1.43. The molecule has 0 radical (unpaired) electrons. The van der Waals surface area contributed by atoms with Crippen molar-refractivity contribution in [2.45, 2.75) is 6.43 Å². The summed E-state index contributed by atoms with van der Waals surface area (Å²) in [6.45, 7) is 0. The number of alkyl halides is 2. The van der Waals surface area contributed by atoms with Crippen molar-refractivity contribution < 1.29 is 18.7 Å². The lowest BCUT2D eigenvalue weighted by Gasteiger charge is -2.07. The molecule has 0 fully saturated rings. The number of pyridine rings is 1. The maximum atomic E-state index is 12.4. The SMILES string of the molecule is O=C(O)c1ncc(Br)c(Cl)c1C(F)F. The summed E-state index contributed by atoms with van der Waals surface area (Å²) in [6, 6.07) is 0. The molecule has 0 aliphatic carbocycles. The molecule has 1 heterocycles. The fraction of sp³-hybridized carbons (Fsp3) is 0.143. The van der Waals surface area contributed by atoms with E-state index in [9.17, 15) is 13.6 Å². The van der Waals surface area contributed by atoms with Gasteiger partial charge in [0, 0.05) is 6.20 Å². The van der Waals surface area contributed by atoms with Gasteiger partial charge in [-0.2, -0.15) is 0 Å². The molecular formula is C7H3BrClF2NO2. The second kappa shape index (κ2) is 4.18. The molecule has 0 atom stereocenters. The Hall–Kier alpha value is -0.750. The standard InChI is InChI=1S/C7H3BrClF2NO2/c8-2-1-12-5(7(13)14)3(4(2)9)6(10)11/h1,6H,(H,13,14). The number of carboxylic acid groups (broad SMARTS) is 1. The second-order valence-corrected chi connectivity index (χ2v) is 3.52. The minimum Gasteiger partial charge on any atom is -0.476 e. The lowest BCUT2D eigenvalue weighted by atomic mass is 10.2. The predicted molar refractivity (Wildman–Crippen MR) is 48.9 cm³/mol. The maximum Gasteiger partial charge on any atom is 0.355 e. The highest BCUT2D eigenvalue weighted by Crippen LogP contribution is 2.34. The van der Waals surface area contributed by atoms with E-state index in [0.717, 1.165) is 6.20 Å². The van der Waals surface area contributed by atoms with Crippen molar-refractivity contribution in [1.82, 2.24) is 4.98 Å². The highest BCUT2D eigenvalue weighted by molar-refractivity contribution is 9.10. The number of hydrogen-bond acceptors (Lipinski definition) is 2. The van der Waals surface area contributed by atoms with Gasteiger partial charge in [0.05, 0.1) is 15.1 Å². The topological polar surface area (TPSA) is 50.2 Å². The van der Waals surface area contributed by atoms with Gasteiger partial charge in [-0.05, 0) is 15.9 Å². The van der Waals surface area contributed by atoms with Gasteiger partial charge in [0.2, 0.25) is 0 Å². The minimum atomic E-state index is -2.97. The Morgan fingerprint density at radius 3 is 2.64 bits per heavy atom. The fourth-order valence-corrected chi connectivity index (χ4v) is 1.39. The van der Waals surface area contributed by atoms with E-state index < -0.39 is 23.7 Å². The number of halogens is 4. The van der Waals surface area contributed by atoms with E-state index in [0.29, 0.717) is 0 Å². The predicted octanol–water partition coefficient (Wildman–Crippen LogP) is 3.13. The second-order valence-electron chi connectivity index (χ2n) is 2.29. The number of hydrogen-bond donors (Lipinski definition) is 1. The first-order chi connectivity index (χ1) is 6.45. The van der Waals surface area contributed by atoms with Gasteiger partial charge in [-0.15, -0.1) is 0 Å². The molecule has 0 bridgehead atoms. The fourth-order valence-electron chi connectivity index (χ4n) is 0.850. The Labute approximate surface area is 90.8 Å². The summed E-state index contributed by atoms with van der Waals surface area (Å²) in [7, 11) is 0. The van der Waals surface area contributed by atoms with Gasteiger partial charge >= 0.3 is 5.97 Å². The molecule has 1 aromatic heterocycles. The number of carboxylic acids is 1. The number of aromatic nitrogens is 1. The summed E-state index contributed by atoms with van der Waals surface area (Å²) in [4.78, 5) is 13.9.